The largest absolute Gasteiger partial charge is 0.500 e. The number of hydrogen-bond acceptors (Lipinski definition) is 21. The minimum Gasteiger partial charge on any atom is -0.393 e. The lowest BCUT2D eigenvalue weighted by Gasteiger charge is -2.24. The van der Waals surface area contributed by atoms with Gasteiger partial charge in [-0.25, -0.2) is 0 Å². The first kappa shape index (κ1) is 61.5. The summed E-state index contributed by atoms with van der Waals surface area (Å²) in [5.74, 6) is 1.72. The zero-order valence-corrected chi connectivity index (χ0v) is 44.1. The topological polar surface area (TPSA) is 213 Å². The van der Waals surface area contributed by atoms with Gasteiger partial charge < -0.3 is 54.0 Å². The predicted octanol–water partition coefficient (Wildman–Crippen LogP) is 5.55. The summed E-state index contributed by atoms with van der Waals surface area (Å²) in [5, 5.41) is 0. The summed E-state index contributed by atoms with van der Waals surface area (Å²) in [7, 11) is 7.43. The Hall–Kier alpha value is -1.50. The fourth-order valence-corrected chi connectivity index (χ4v) is 14.2. The first-order valence-corrected chi connectivity index (χ1v) is 29.4. The van der Waals surface area contributed by atoms with Crippen LogP contribution in [0.2, 0.25) is 18.1 Å². The third-order valence-corrected chi connectivity index (χ3v) is 21.1. The zero-order chi connectivity index (χ0) is 47.7. The Kier molecular flexibility index (Phi) is 34.8. The molecule has 366 valence electrons. The van der Waals surface area contributed by atoms with E-state index in [1.54, 1.807) is 70.1 Å². The van der Waals surface area contributed by atoms with Crippen LogP contribution in [0.1, 0.15) is 70.6 Å². The molecule has 3 fully saturated rings. The van der Waals surface area contributed by atoms with E-state index in [0.717, 1.165) is 91.8 Å². The van der Waals surface area contributed by atoms with Crippen molar-refractivity contribution in [1.29, 1.82) is 0 Å². The molecule has 63 heavy (non-hydrogen) atoms. The van der Waals surface area contributed by atoms with Crippen molar-refractivity contribution >= 4 is 98.4 Å². The average Bonchev–Trinajstić information content (AvgIpc) is 3.92. The van der Waals surface area contributed by atoms with Crippen molar-refractivity contribution in [3.63, 3.8) is 0 Å². The van der Waals surface area contributed by atoms with E-state index in [0.29, 0.717) is 6.42 Å². The van der Waals surface area contributed by atoms with Crippen LogP contribution in [0.15, 0.2) is 12.7 Å². The van der Waals surface area contributed by atoms with Crippen molar-refractivity contribution in [1.82, 2.24) is 0 Å². The van der Waals surface area contributed by atoms with E-state index in [1.165, 1.54) is 0 Å². The Labute approximate surface area is 391 Å². The number of carbonyl (C=O) groups is 6. The number of cyclic esters (lactones) is 6. The summed E-state index contributed by atoms with van der Waals surface area (Å²) in [4.78, 5) is 65.6. The van der Waals surface area contributed by atoms with Gasteiger partial charge in [-0.05, 0) is 80.1 Å². The van der Waals surface area contributed by atoms with E-state index >= 15 is 0 Å². The average molecular weight is 1010 g/mol. The standard InChI is InChI=1S/2C13H24O6SSi.C7H8O3.C6H16O3SSi/c2*1-16-21(17-2,18-3)9-5-8-20-7-4-6-11-10-12(14)19-13(11)15;1-2-3-5-4-6(8)10-7(5)9;1-7-11(8-2,9-3)6-4-5-10/h2*11H,4-10H2,1-3H3;2,5H,1,3-4H2;10H,4-6H2,1-3H3. The van der Waals surface area contributed by atoms with Crippen LogP contribution in [-0.4, -0.2) is 155 Å². The quantitative estimate of drug-likeness (QED) is 0.0178. The molecule has 3 heterocycles. The van der Waals surface area contributed by atoms with Gasteiger partial charge in [0, 0.05) is 82.1 Å². The van der Waals surface area contributed by atoms with Gasteiger partial charge >= 0.3 is 62.2 Å². The maximum Gasteiger partial charge on any atom is 0.500 e. The molecule has 3 aliphatic rings. The highest BCUT2D eigenvalue weighted by molar-refractivity contribution is 7.99. The van der Waals surface area contributed by atoms with E-state index in [2.05, 4.69) is 33.4 Å². The molecule has 3 atom stereocenters. The molecule has 0 radical (unpaired) electrons. The molecule has 0 spiro atoms. The van der Waals surface area contributed by atoms with Crippen molar-refractivity contribution in [3.8, 4) is 0 Å². The second-order valence-corrected chi connectivity index (χ2v) is 26.2. The molecule has 0 amide bonds. The van der Waals surface area contributed by atoms with Crippen LogP contribution < -0.4 is 0 Å². The smallest absolute Gasteiger partial charge is 0.393 e. The second kappa shape index (κ2) is 35.7. The molecule has 24 heteroatoms. The number of thiol groups is 1. The van der Waals surface area contributed by atoms with Gasteiger partial charge in [-0.2, -0.15) is 36.2 Å². The Balaban J connectivity index is 0.000000856. The molecule has 3 rings (SSSR count). The lowest BCUT2D eigenvalue weighted by molar-refractivity contribution is -0.154. The number of esters is 6. The van der Waals surface area contributed by atoms with Gasteiger partial charge in [0.2, 0.25) is 0 Å². The van der Waals surface area contributed by atoms with Gasteiger partial charge in [-0.3, -0.25) is 28.8 Å². The third-order valence-electron chi connectivity index (χ3n) is 10.00. The van der Waals surface area contributed by atoms with Crippen LogP contribution in [0, 0.1) is 17.8 Å². The number of ether oxygens (including phenoxy) is 3. The minimum atomic E-state index is -2.44. The maximum atomic E-state index is 11.3. The highest BCUT2D eigenvalue weighted by Crippen LogP contribution is 2.25. The fourth-order valence-electron chi connectivity index (χ4n) is 6.20. The number of allylic oxidation sites excluding steroid dienone is 1. The SMILES string of the molecule is C=CCC1CC(=O)OC1=O.CO[Si](CCCS)(OC)OC.CO[Si](CCCSCCCC1CC(=O)OC1=O)(OC)OC.CO[Si](CCCSCCCC1CC(=O)OC1=O)(OC)OC. The second-order valence-electron chi connectivity index (χ2n) is 14.0. The lowest BCUT2D eigenvalue weighted by Crippen LogP contribution is -2.42. The summed E-state index contributed by atoms with van der Waals surface area (Å²) in [6.45, 7) is 3.46. The Bertz CT molecular complexity index is 1260. The Morgan fingerprint density at radius 3 is 1.05 bits per heavy atom. The molecule has 0 N–H and O–H groups in total. The van der Waals surface area contributed by atoms with Crippen LogP contribution in [-0.2, 0) is 82.8 Å². The summed E-state index contributed by atoms with van der Waals surface area (Å²) >= 11 is 7.76. The van der Waals surface area contributed by atoms with Gasteiger partial charge in [0.05, 0.1) is 37.0 Å². The first-order valence-electron chi connectivity index (χ1n) is 20.7. The first-order chi connectivity index (χ1) is 30.1. The highest BCUT2D eigenvalue weighted by atomic mass is 32.2. The van der Waals surface area contributed by atoms with E-state index < -0.39 is 50.3 Å². The van der Waals surface area contributed by atoms with Crippen LogP contribution >= 0.6 is 36.2 Å². The summed E-state index contributed by atoms with van der Waals surface area (Å²) < 4.78 is 61.1. The van der Waals surface area contributed by atoms with Crippen LogP contribution in [0.4, 0.5) is 0 Å². The summed E-state index contributed by atoms with van der Waals surface area (Å²) in [5.41, 5.74) is 0. The molecule has 3 unspecified atom stereocenters. The molecule has 0 aromatic heterocycles. The van der Waals surface area contributed by atoms with Crippen molar-refractivity contribution in [2.75, 3.05) is 92.8 Å². The lowest BCUT2D eigenvalue weighted by atomic mass is 10.0. The van der Waals surface area contributed by atoms with Gasteiger partial charge in [-0.1, -0.05) is 6.08 Å². The Morgan fingerprint density at radius 1 is 0.508 bits per heavy atom. The van der Waals surface area contributed by atoms with Gasteiger partial charge in [0.25, 0.3) is 0 Å². The van der Waals surface area contributed by atoms with Crippen molar-refractivity contribution in [2.45, 2.75) is 88.8 Å². The fraction of sp³-hybridized carbons (Fsp3) is 0.795. The van der Waals surface area contributed by atoms with E-state index in [1.807, 2.05) is 23.5 Å². The van der Waals surface area contributed by atoms with Crippen LogP contribution in [0.25, 0.3) is 0 Å². The molecule has 0 aromatic carbocycles. The number of hydrogen-bond donors (Lipinski definition) is 1. The zero-order valence-electron chi connectivity index (χ0n) is 38.6. The monoisotopic (exact) mass is 1010 g/mol. The molecule has 3 saturated heterocycles. The number of rotatable bonds is 30. The maximum absolute atomic E-state index is 11.3. The van der Waals surface area contributed by atoms with Gasteiger partial charge in [0.15, 0.2) is 0 Å². The molecule has 0 saturated carbocycles. The highest BCUT2D eigenvalue weighted by Gasteiger charge is 2.39. The minimum absolute atomic E-state index is 0.213. The van der Waals surface area contributed by atoms with E-state index in [-0.39, 0.29) is 49.0 Å². The number of thioether (sulfide) groups is 2. The normalized spacial score (nSPS) is 18.7. The van der Waals surface area contributed by atoms with Gasteiger partial charge in [-0.15, -0.1) is 6.58 Å². The molecule has 18 nitrogen and oxygen atoms in total. The van der Waals surface area contributed by atoms with Crippen molar-refractivity contribution in [3.05, 3.63) is 12.7 Å². The van der Waals surface area contributed by atoms with Crippen molar-refractivity contribution in [2.24, 2.45) is 17.8 Å². The van der Waals surface area contributed by atoms with Gasteiger partial charge in [0.1, 0.15) is 0 Å². The number of carbonyl (C=O) groups excluding carboxylic acids is 6. The third kappa shape index (κ3) is 24.7. The summed E-state index contributed by atoms with van der Waals surface area (Å²) in [6, 6.07) is 2.43. The molecule has 0 aromatic rings. The molecule has 0 aliphatic carbocycles. The Morgan fingerprint density at radius 2 is 0.794 bits per heavy atom. The molecule has 3 aliphatic heterocycles. The van der Waals surface area contributed by atoms with Crippen LogP contribution in [0.5, 0.6) is 0 Å². The molecular formula is C39H72O18S3Si3. The van der Waals surface area contributed by atoms with E-state index in [9.17, 15) is 28.8 Å². The van der Waals surface area contributed by atoms with Crippen molar-refractivity contribution < 1.29 is 82.8 Å². The van der Waals surface area contributed by atoms with E-state index in [4.69, 9.17) is 39.8 Å². The summed E-state index contributed by atoms with van der Waals surface area (Å²) in [6.07, 6.45) is 9.03. The molecule has 0 bridgehead atoms. The molecular weight excluding hydrogens is 937 g/mol. The van der Waals surface area contributed by atoms with Crippen LogP contribution in [0.3, 0.4) is 0 Å². The predicted molar refractivity (Wildman–Crippen MR) is 248 cm³/mol.